The van der Waals surface area contributed by atoms with Crippen LogP contribution in [0.3, 0.4) is 0 Å². The van der Waals surface area contributed by atoms with E-state index in [0.717, 1.165) is 25.3 Å². The number of nitrogens with zero attached hydrogens (tertiary/aromatic N) is 2. The SMILES string of the molecule is CC(C)N1CCC2(CC1)CCN(C1COC1)C2. The molecule has 3 fully saturated rings. The van der Waals surface area contributed by atoms with Crippen LogP contribution < -0.4 is 0 Å². The summed E-state index contributed by atoms with van der Waals surface area (Å²) in [5, 5.41) is 0. The molecule has 0 aromatic rings. The molecule has 17 heavy (non-hydrogen) atoms. The van der Waals surface area contributed by atoms with Crippen LogP contribution in [-0.4, -0.2) is 61.3 Å². The predicted octanol–water partition coefficient (Wildman–Crippen LogP) is 1.58. The molecule has 98 valence electrons. The highest BCUT2D eigenvalue weighted by molar-refractivity contribution is 4.97. The topological polar surface area (TPSA) is 15.7 Å². The number of piperidine rings is 1. The molecule has 0 saturated carbocycles. The van der Waals surface area contributed by atoms with Crippen molar-refractivity contribution in [2.24, 2.45) is 5.41 Å². The molecule has 1 spiro atoms. The zero-order chi connectivity index (χ0) is 11.9. The van der Waals surface area contributed by atoms with Gasteiger partial charge in [-0.3, -0.25) is 4.90 Å². The first-order valence-electron chi connectivity index (χ1n) is 7.24. The molecule has 3 heterocycles. The van der Waals surface area contributed by atoms with Gasteiger partial charge in [0.15, 0.2) is 0 Å². The third-order valence-corrected chi connectivity index (χ3v) is 5.19. The molecular formula is C14H26N2O. The maximum absolute atomic E-state index is 5.32. The molecule has 0 atom stereocenters. The van der Waals surface area contributed by atoms with Crippen LogP contribution >= 0.6 is 0 Å². The maximum atomic E-state index is 5.32. The van der Waals surface area contributed by atoms with Crippen LogP contribution in [0.5, 0.6) is 0 Å². The standard InChI is InChI=1S/C14H26N2O/c1-12(2)15-6-3-14(4-7-15)5-8-16(11-14)13-9-17-10-13/h12-13H,3-11H2,1-2H3. The Morgan fingerprint density at radius 3 is 2.24 bits per heavy atom. The minimum absolute atomic E-state index is 0.654. The summed E-state index contributed by atoms with van der Waals surface area (Å²) in [6, 6.07) is 1.47. The quantitative estimate of drug-likeness (QED) is 0.726. The largest absolute Gasteiger partial charge is 0.378 e. The highest BCUT2D eigenvalue weighted by Crippen LogP contribution is 2.41. The smallest absolute Gasteiger partial charge is 0.0645 e. The third-order valence-electron chi connectivity index (χ3n) is 5.19. The van der Waals surface area contributed by atoms with Crippen LogP contribution in [-0.2, 0) is 4.74 Å². The third kappa shape index (κ3) is 2.25. The van der Waals surface area contributed by atoms with Gasteiger partial charge in [0, 0.05) is 12.6 Å². The first-order chi connectivity index (χ1) is 8.19. The van der Waals surface area contributed by atoms with Gasteiger partial charge in [0.05, 0.1) is 19.3 Å². The van der Waals surface area contributed by atoms with Gasteiger partial charge < -0.3 is 9.64 Å². The fourth-order valence-electron chi connectivity index (χ4n) is 3.64. The van der Waals surface area contributed by atoms with Crippen molar-refractivity contribution in [1.82, 2.24) is 9.80 Å². The summed E-state index contributed by atoms with van der Waals surface area (Å²) in [5.41, 5.74) is 0.654. The molecule has 3 aliphatic heterocycles. The molecular weight excluding hydrogens is 212 g/mol. The summed E-state index contributed by atoms with van der Waals surface area (Å²) < 4.78 is 5.32. The second-order valence-corrected chi connectivity index (χ2v) is 6.54. The Morgan fingerprint density at radius 1 is 1.06 bits per heavy atom. The molecule has 0 amide bonds. The van der Waals surface area contributed by atoms with E-state index in [0.29, 0.717) is 5.41 Å². The zero-order valence-electron chi connectivity index (χ0n) is 11.3. The van der Waals surface area contributed by atoms with Crippen molar-refractivity contribution in [2.75, 3.05) is 39.4 Å². The van der Waals surface area contributed by atoms with Gasteiger partial charge in [0.25, 0.3) is 0 Å². The van der Waals surface area contributed by atoms with E-state index in [1.54, 1.807) is 0 Å². The Bertz CT molecular complexity index is 267. The van der Waals surface area contributed by atoms with E-state index in [2.05, 4.69) is 23.6 Å². The Kier molecular flexibility index (Phi) is 3.18. The normalized spacial score (nSPS) is 31.2. The van der Waals surface area contributed by atoms with Gasteiger partial charge in [-0.05, 0) is 58.2 Å². The molecule has 0 N–H and O–H groups in total. The van der Waals surface area contributed by atoms with Crippen LogP contribution in [0.25, 0.3) is 0 Å². The summed E-state index contributed by atoms with van der Waals surface area (Å²) in [5.74, 6) is 0. The molecule has 3 nitrogen and oxygen atoms in total. The molecule has 0 aliphatic carbocycles. The summed E-state index contributed by atoms with van der Waals surface area (Å²) >= 11 is 0. The molecule has 3 saturated heterocycles. The Morgan fingerprint density at radius 2 is 1.71 bits per heavy atom. The van der Waals surface area contributed by atoms with E-state index in [9.17, 15) is 0 Å². The second-order valence-electron chi connectivity index (χ2n) is 6.54. The molecule has 0 aromatic heterocycles. The first kappa shape index (κ1) is 11.9. The lowest BCUT2D eigenvalue weighted by Crippen LogP contribution is -2.50. The molecule has 3 heteroatoms. The average Bonchev–Trinajstić information content (AvgIpc) is 2.60. The lowest BCUT2D eigenvalue weighted by Gasteiger charge is -2.42. The van der Waals surface area contributed by atoms with Crippen molar-refractivity contribution in [2.45, 2.75) is 45.2 Å². The summed E-state index contributed by atoms with van der Waals surface area (Å²) in [6.45, 7) is 11.9. The number of likely N-dealkylation sites (tertiary alicyclic amines) is 2. The summed E-state index contributed by atoms with van der Waals surface area (Å²) in [4.78, 5) is 5.33. The van der Waals surface area contributed by atoms with E-state index in [1.165, 1.54) is 45.4 Å². The van der Waals surface area contributed by atoms with Gasteiger partial charge in [0.1, 0.15) is 0 Å². The van der Waals surface area contributed by atoms with E-state index >= 15 is 0 Å². The van der Waals surface area contributed by atoms with Gasteiger partial charge in [-0.1, -0.05) is 0 Å². The van der Waals surface area contributed by atoms with Gasteiger partial charge in [-0.25, -0.2) is 0 Å². The van der Waals surface area contributed by atoms with Crippen molar-refractivity contribution in [1.29, 1.82) is 0 Å². The molecule has 0 aromatic carbocycles. The van der Waals surface area contributed by atoms with Crippen LogP contribution in [0.1, 0.15) is 33.1 Å². The van der Waals surface area contributed by atoms with Crippen molar-refractivity contribution in [3.8, 4) is 0 Å². The van der Waals surface area contributed by atoms with Gasteiger partial charge in [0.2, 0.25) is 0 Å². The average molecular weight is 238 g/mol. The van der Waals surface area contributed by atoms with E-state index in [1.807, 2.05) is 0 Å². The monoisotopic (exact) mass is 238 g/mol. The maximum Gasteiger partial charge on any atom is 0.0645 e. The summed E-state index contributed by atoms with van der Waals surface area (Å²) in [6.07, 6.45) is 4.25. The fraction of sp³-hybridized carbons (Fsp3) is 1.00. The van der Waals surface area contributed by atoms with Crippen LogP contribution in [0.2, 0.25) is 0 Å². The number of ether oxygens (including phenoxy) is 1. The van der Waals surface area contributed by atoms with Crippen LogP contribution in [0.4, 0.5) is 0 Å². The molecule has 0 unspecified atom stereocenters. The molecule has 0 radical (unpaired) electrons. The van der Waals surface area contributed by atoms with Gasteiger partial charge in [-0.2, -0.15) is 0 Å². The number of rotatable bonds is 2. The molecule has 3 aliphatic rings. The zero-order valence-corrected chi connectivity index (χ0v) is 11.3. The highest BCUT2D eigenvalue weighted by Gasteiger charge is 2.43. The van der Waals surface area contributed by atoms with Crippen molar-refractivity contribution < 1.29 is 4.74 Å². The predicted molar refractivity (Wildman–Crippen MR) is 69.2 cm³/mol. The minimum Gasteiger partial charge on any atom is -0.378 e. The van der Waals surface area contributed by atoms with Crippen molar-refractivity contribution in [3.63, 3.8) is 0 Å². The van der Waals surface area contributed by atoms with E-state index < -0.39 is 0 Å². The van der Waals surface area contributed by atoms with Crippen molar-refractivity contribution >= 4 is 0 Å². The second kappa shape index (κ2) is 4.52. The molecule has 0 bridgehead atoms. The van der Waals surface area contributed by atoms with E-state index in [4.69, 9.17) is 4.74 Å². The minimum atomic E-state index is 0.654. The molecule has 3 rings (SSSR count). The van der Waals surface area contributed by atoms with Crippen molar-refractivity contribution in [3.05, 3.63) is 0 Å². The number of hydrogen-bond donors (Lipinski definition) is 0. The first-order valence-corrected chi connectivity index (χ1v) is 7.24. The van der Waals surface area contributed by atoms with E-state index in [-0.39, 0.29) is 0 Å². The lowest BCUT2D eigenvalue weighted by molar-refractivity contribution is -0.0621. The Balaban J connectivity index is 1.54. The lowest BCUT2D eigenvalue weighted by atomic mass is 9.77. The van der Waals surface area contributed by atoms with Crippen LogP contribution in [0.15, 0.2) is 0 Å². The fourth-order valence-corrected chi connectivity index (χ4v) is 3.64. The Labute approximate surface area is 105 Å². The van der Waals surface area contributed by atoms with Gasteiger partial charge in [-0.15, -0.1) is 0 Å². The van der Waals surface area contributed by atoms with Gasteiger partial charge >= 0.3 is 0 Å². The Hall–Kier alpha value is -0.120. The summed E-state index contributed by atoms with van der Waals surface area (Å²) in [7, 11) is 0. The number of hydrogen-bond acceptors (Lipinski definition) is 3. The highest BCUT2D eigenvalue weighted by atomic mass is 16.5. The van der Waals surface area contributed by atoms with Crippen LogP contribution in [0, 0.1) is 5.41 Å².